The maximum Gasteiger partial charge on any atom is 0.416 e. The molecular weight excluding hydrogens is 448 g/mol. The average Bonchev–Trinajstić information content (AvgIpc) is 2.78. The molecule has 1 heterocycles. The van der Waals surface area contributed by atoms with Crippen molar-refractivity contribution in [3.05, 3.63) is 70.8 Å². The van der Waals surface area contributed by atoms with Crippen LogP contribution in [0.5, 0.6) is 0 Å². The highest BCUT2D eigenvalue weighted by Crippen LogP contribution is 2.39. The number of ether oxygens (including phenoxy) is 2. The quantitative estimate of drug-likeness (QED) is 0.465. The van der Waals surface area contributed by atoms with Crippen LogP contribution in [0.25, 0.3) is 0 Å². The predicted molar refractivity (Wildman–Crippen MR) is 112 cm³/mol. The van der Waals surface area contributed by atoms with E-state index in [0.717, 1.165) is 12.0 Å². The summed E-state index contributed by atoms with van der Waals surface area (Å²) in [6.07, 6.45) is -9.37. The molecule has 2 aromatic carbocycles. The number of halogens is 6. The van der Waals surface area contributed by atoms with E-state index in [0.29, 0.717) is 31.7 Å². The normalized spacial score (nSPS) is 22.8. The number of rotatable bonds is 7. The van der Waals surface area contributed by atoms with Gasteiger partial charge in [0.1, 0.15) is 0 Å². The minimum Gasteiger partial charge on any atom is -0.377 e. The van der Waals surface area contributed by atoms with Gasteiger partial charge in [0, 0.05) is 13.2 Å². The highest BCUT2D eigenvalue weighted by Gasteiger charge is 2.39. The third-order valence-corrected chi connectivity index (χ3v) is 5.95. The van der Waals surface area contributed by atoms with Gasteiger partial charge in [0.25, 0.3) is 0 Å². The van der Waals surface area contributed by atoms with Crippen LogP contribution in [0.3, 0.4) is 0 Å². The number of piperidine rings is 1. The molecule has 3 nitrogen and oxygen atoms in total. The second kappa shape index (κ2) is 10.0. The summed E-state index contributed by atoms with van der Waals surface area (Å²) in [5.41, 5.74) is -2.57. The molecule has 0 saturated carbocycles. The Morgan fingerprint density at radius 3 is 2.09 bits per heavy atom. The Hall–Kier alpha value is -2.10. The van der Waals surface area contributed by atoms with Gasteiger partial charge < -0.3 is 14.8 Å². The van der Waals surface area contributed by atoms with Crippen molar-refractivity contribution in [2.45, 2.75) is 56.8 Å². The molecule has 2 aromatic rings. The predicted octanol–water partition coefficient (Wildman–Crippen LogP) is 6.49. The van der Waals surface area contributed by atoms with Crippen molar-refractivity contribution in [2.24, 2.45) is 0 Å². The Balaban J connectivity index is 1.84. The molecule has 9 heteroatoms. The lowest BCUT2D eigenvalue weighted by molar-refractivity contribution is -0.143. The van der Waals surface area contributed by atoms with Crippen molar-refractivity contribution in [1.29, 1.82) is 0 Å². The molecule has 0 radical (unpaired) electrons. The number of nitrogens with one attached hydrogen (secondary N) is 1. The van der Waals surface area contributed by atoms with E-state index < -0.39 is 35.1 Å². The molecule has 0 aliphatic carbocycles. The van der Waals surface area contributed by atoms with Crippen molar-refractivity contribution < 1.29 is 35.8 Å². The van der Waals surface area contributed by atoms with Gasteiger partial charge in [0.05, 0.1) is 35.5 Å². The smallest absolute Gasteiger partial charge is 0.377 e. The summed E-state index contributed by atoms with van der Waals surface area (Å²) in [4.78, 5) is 0. The van der Waals surface area contributed by atoms with Gasteiger partial charge in [-0.25, -0.2) is 0 Å². The average molecular weight is 475 g/mol. The van der Waals surface area contributed by atoms with E-state index in [1.807, 2.05) is 37.3 Å². The first kappa shape index (κ1) is 25.5. The van der Waals surface area contributed by atoms with Gasteiger partial charge >= 0.3 is 12.4 Å². The zero-order chi connectivity index (χ0) is 24.3. The second-order valence-corrected chi connectivity index (χ2v) is 8.24. The molecule has 1 aliphatic rings. The molecule has 182 valence electrons. The SMILES string of the molecule is CCOC1CC[C@@](COC(C)c2cc(C(F)(F)F)cc(C(F)(F)F)c2)(c2ccccc2)NC1. The van der Waals surface area contributed by atoms with E-state index in [4.69, 9.17) is 9.47 Å². The molecule has 0 spiro atoms. The minimum absolute atomic E-state index is 0.0297. The molecule has 3 rings (SSSR count). The van der Waals surface area contributed by atoms with Crippen LogP contribution in [-0.2, 0) is 27.4 Å². The van der Waals surface area contributed by atoms with Crippen molar-refractivity contribution in [3.63, 3.8) is 0 Å². The van der Waals surface area contributed by atoms with Crippen LogP contribution >= 0.6 is 0 Å². The zero-order valence-corrected chi connectivity index (χ0v) is 18.4. The third-order valence-electron chi connectivity index (χ3n) is 5.95. The van der Waals surface area contributed by atoms with Gasteiger partial charge in [0.2, 0.25) is 0 Å². The molecule has 3 atom stereocenters. The van der Waals surface area contributed by atoms with E-state index in [-0.39, 0.29) is 24.3 Å². The highest BCUT2D eigenvalue weighted by molar-refractivity contribution is 5.35. The van der Waals surface area contributed by atoms with E-state index >= 15 is 0 Å². The van der Waals surface area contributed by atoms with Crippen molar-refractivity contribution in [3.8, 4) is 0 Å². The lowest BCUT2D eigenvalue weighted by Gasteiger charge is -2.42. The number of benzene rings is 2. The van der Waals surface area contributed by atoms with Crippen LogP contribution < -0.4 is 5.32 Å². The second-order valence-electron chi connectivity index (χ2n) is 8.24. The summed E-state index contributed by atoms with van der Waals surface area (Å²) in [6, 6.07) is 11.0. The molecule has 0 bridgehead atoms. The van der Waals surface area contributed by atoms with Gasteiger partial charge in [-0.2, -0.15) is 26.3 Å². The Morgan fingerprint density at radius 2 is 1.61 bits per heavy atom. The Morgan fingerprint density at radius 1 is 1.00 bits per heavy atom. The molecule has 1 aliphatic heterocycles. The van der Waals surface area contributed by atoms with E-state index in [1.165, 1.54) is 6.92 Å². The van der Waals surface area contributed by atoms with E-state index in [1.54, 1.807) is 0 Å². The van der Waals surface area contributed by atoms with Crippen LogP contribution in [0, 0.1) is 0 Å². The minimum atomic E-state index is -4.90. The van der Waals surface area contributed by atoms with Gasteiger partial charge in [-0.05, 0) is 56.0 Å². The standard InChI is InChI=1S/C24H27F6NO2/c1-3-32-21-9-10-22(31-14-21,18-7-5-4-6-8-18)15-33-16(2)17-11-19(23(25,26)27)13-20(12-17)24(28,29)30/h4-8,11-13,16,21,31H,3,9-10,14-15H2,1-2H3/t16?,21?,22-/m1/s1. The summed E-state index contributed by atoms with van der Waals surface area (Å²) in [7, 11) is 0. The summed E-state index contributed by atoms with van der Waals surface area (Å²) in [5.74, 6) is 0. The molecular formula is C24H27F6NO2. The van der Waals surface area contributed by atoms with E-state index in [9.17, 15) is 26.3 Å². The van der Waals surface area contributed by atoms with Crippen LogP contribution in [0.2, 0.25) is 0 Å². The maximum absolute atomic E-state index is 13.2. The van der Waals surface area contributed by atoms with Crippen LogP contribution in [-0.4, -0.2) is 25.9 Å². The fraction of sp³-hybridized carbons (Fsp3) is 0.500. The summed E-state index contributed by atoms with van der Waals surface area (Å²) in [6.45, 7) is 4.58. The lowest BCUT2D eigenvalue weighted by Crippen LogP contribution is -2.53. The lowest BCUT2D eigenvalue weighted by atomic mass is 9.82. The van der Waals surface area contributed by atoms with Crippen LogP contribution in [0.15, 0.2) is 48.5 Å². The Bertz CT molecular complexity index is 873. The molecule has 1 fully saturated rings. The molecule has 33 heavy (non-hydrogen) atoms. The Labute approximate surface area is 189 Å². The van der Waals surface area contributed by atoms with Gasteiger partial charge in [-0.15, -0.1) is 0 Å². The first-order valence-electron chi connectivity index (χ1n) is 10.8. The molecule has 0 amide bonds. The summed E-state index contributed by atoms with van der Waals surface area (Å²) >= 11 is 0. The van der Waals surface area contributed by atoms with Gasteiger partial charge in [-0.3, -0.25) is 0 Å². The maximum atomic E-state index is 13.2. The zero-order valence-electron chi connectivity index (χ0n) is 18.4. The van der Waals surface area contributed by atoms with Crippen LogP contribution in [0.4, 0.5) is 26.3 Å². The molecule has 0 aromatic heterocycles. The molecule has 1 saturated heterocycles. The topological polar surface area (TPSA) is 30.5 Å². The molecule has 1 N–H and O–H groups in total. The highest BCUT2D eigenvalue weighted by atomic mass is 19.4. The first-order chi connectivity index (χ1) is 15.4. The fourth-order valence-electron chi connectivity index (χ4n) is 4.07. The van der Waals surface area contributed by atoms with Crippen molar-refractivity contribution >= 4 is 0 Å². The number of hydrogen-bond acceptors (Lipinski definition) is 3. The summed E-state index contributed by atoms with van der Waals surface area (Å²) in [5, 5.41) is 3.45. The number of alkyl halides is 6. The monoisotopic (exact) mass is 475 g/mol. The van der Waals surface area contributed by atoms with Crippen LogP contribution in [0.1, 0.15) is 55.0 Å². The first-order valence-corrected chi connectivity index (χ1v) is 10.8. The van der Waals surface area contributed by atoms with Crippen molar-refractivity contribution in [1.82, 2.24) is 5.32 Å². The Kier molecular flexibility index (Phi) is 7.76. The van der Waals surface area contributed by atoms with Crippen molar-refractivity contribution in [2.75, 3.05) is 19.8 Å². The number of hydrogen-bond donors (Lipinski definition) is 1. The van der Waals surface area contributed by atoms with Gasteiger partial charge in [-0.1, -0.05) is 30.3 Å². The van der Waals surface area contributed by atoms with E-state index in [2.05, 4.69) is 5.32 Å². The third kappa shape index (κ3) is 6.28. The molecule has 2 unspecified atom stereocenters. The summed E-state index contributed by atoms with van der Waals surface area (Å²) < 4.78 is 91.0. The van der Waals surface area contributed by atoms with Gasteiger partial charge in [0.15, 0.2) is 0 Å². The largest absolute Gasteiger partial charge is 0.416 e. The fourth-order valence-corrected chi connectivity index (χ4v) is 4.07.